The molecule has 0 heterocycles. The van der Waals surface area contributed by atoms with E-state index in [2.05, 4.69) is 31.2 Å². The Kier molecular flexibility index (Phi) is 4.73. The largest absolute Gasteiger partial charge is 0.492 e. The average Bonchev–Trinajstić information content (AvgIpc) is 2.16. The molecule has 0 fully saturated rings. The molecule has 0 atom stereocenters. The van der Waals surface area contributed by atoms with Crippen molar-refractivity contribution in [2.24, 2.45) is 0 Å². The summed E-state index contributed by atoms with van der Waals surface area (Å²) in [6.07, 6.45) is 5.11. The van der Waals surface area contributed by atoms with E-state index in [0.717, 1.165) is 12.3 Å². The van der Waals surface area contributed by atoms with Crippen LogP contribution >= 0.6 is 0 Å². The minimum Gasteiger partial charge on any atom is -0.492 e. The first-order chi connectivity index (χ1) is 7.22. The van der Waals surface area contributed by atoms with Crippen molar-refractivity contribution in [3.8, 4) is 18.1 Å². The van der Waals surface area contributed by atoms with Gasteiger partial charge >= 0.3 is 0 Å². The van der Waals surface area contributed by atoms with Crippen molar-refractivity contribution in [2.45, 2.75) is 13.8 Å². The Labute approximate surface area is 91.6 Å². The minimum absolute atomic E-state index is 0.593. The molecule has 0 aromatic heterocycles. The molecule has 0 spiro atoms. The van der Waals surface area contributed by atoms with E-state index < -0.39 is 0 Å². The number of nitrogens with one attached hydrogen (secondary N) is 1. The number of hydrogen-bond donors (Lipinski definition) is 1. The predicted octanol–water partition coefficient (Wildman–Crippen LogP) is 1.91. The zero-order valence-electron chi connectivity index (χ0n) is 9.34. The fraction of sp³-hybridized carbons (Fsp3) is 0.385. The highest BCUT2D eigenvalue weighted by atomic mass is 16.5. The van der Waals surface area contributed by atoms with Gasteiger partial charge in [-0.15, -0.1) is 6.42 Å². The number of ether oxygens (including phenoxy) is 1. The fourth-order valence-electron chi connectivity index (χ4n) is 1.42. The van der Waals surface area contributed by atoms with Crippen LogP contribution in [0, 0.1) is 26.2 Å². The summed E-state index contributed by atoms with van der Waals surface area (Å²) >= 11 is 0. The molecule has 0 aliphatic heterocycles. The Morgan fingerprint density at radius 1 is 1.27 bits per heavy atom. The second-order valence-corrected chi connectivity index (χ2v) is 3.55. The predicted molar refractivity (Wildman–Crippen MR) is 63.1 cm³/mol. The van der Waals surface area contributed by atoms with Crippen molar-refractivity contribution >= 4 is 0 Å². The molecule has 2 heteroatoms. The van der Waals surface area contributed by atoms with Crippen molar-refractivity contribution in [3.63, 3.8) is 0 Å². The standard InChI is InChI=1S/C13H17NO/c1-4-5-14-6-7-15-13-9-11(2)8-12(3)10-13/h1,8-10,14H,5-7H2,2-3H3. The maximum absolute atomic E-state index is 5.58. The summed E-state index contributed by atoms with van der Waals surface area (Å²) in [4.78, 5) is 0. The molecule has 80 valence electrons. The highest BCUT2D eigenvalue weighted by Crippen LogP contribution is 2.15. The Bertz CT molecular complexity index is 332. The molecule has 0 bridgehead atoms. The summed E-state index contributed by atoms with van der Waals surface area (Å²) in [5.74, 6) is 3.44. The van der Waals surface area contributed by atoms with E-state index in [4.69, 9.17) is 11.2 Å². The van der Waals surface area contributed by atoms with Gasteiger partial charge in [-0.2, -0.15) is 0 Å². The molecular weight excluding hydrogens is 186 g/mol. The van der Waals surface area contributed by atoms with Gasteiger partial charge in [0.25, 0.3) is 0 Å². The van der Waals surface area contributed by atoms with E-state index in [9.17, 15) is 0 Å². The third-order valence-electron chi connectivity index (χ3n) is 1.97. The van der Waals surface area contributed by atoms with Gasteiger partial charge in [0.15, 0.2) is 0 Å². The molecule has 0 radical (unpaired) electrons. The van der Waals surface area contributed by atoms with Crippen LogP contribution < -0.4 is 10.1 Å². The van der Waals surface area contributed by atoms with Gasteiger partial charge in [0.1, 0.15) is 12.4 Å². The van der Waals surface area contributed by atoms with Crippen molar-refractivity contribution in [2.75, 3.05) is 19.7 Å². The van der Waals surface area contributed by atoms with Crippen molar-refractivity contribution in [3.05, 3.63) is 29.3 Å². The van der Waals surface area contributed by atoms with Crippen molar-refractivity contribution in [1.29, 1.82) is 0 Å². The molecular formula is C13H17NO. The van der Waals surface area contributed by atoms with Crippen LogP contribution in [0.4, 0.5) is 0 Å². The summed E-state index contributed by atoms with van der Waals surface area (Å²) in [6.45, 7) is 6.14. The van der Waals surface area contributed by atoms with Gasteiger partial charge in [0.2, 0.25) is 0 Å². The number of benzene rings is 1. The van der Waals surface area contributed by atoms with E-state index in [1.165, 1.54) is 11.1 Å². The number of hydrogen-bond acceptors (Lipinski definition) is 2. The molecule has 0 aliphatic carbocycles. The summed E-state index contributed by atoms with van der Waals surface area (Å²) < 4.78 is 5.58. The molecule has 1 aromatic rings. The third-order valence-corrected chi connectivity index (χ3v) is 1.97. The maximum Gasteiger partial charge on any atom is 0.119 e. The molecule has 1 rings (SSSR count). The Morgan fingerprint density at radius 2 is 1.93 bits per heavy atom. The molecule has 0 aliphatic rings. The molecule has 0 unspecified atom stereocenters. The third kappa shape index (κ3) is 4.53. The maximum atomic E-state index is 5.58. The van der Waals surface area contributed by atoms with E-state index in [-0.39, 0.29) is 0 Å². The van der Waals surface area contributed by atoms with Gasteiger partial charge in [-0.1, -0.05) is 12.0 Å². The fourth-order valence-corrected chi connectivity index (χ4v) is 1.42. The Balaban J connectivity index is 2.34. The van der Waals surface area contributed by atoms with E-state index in [1.807, 2.05) is 12.1 Å². The SMILES string of the molecule is C#CCNCCOc1cc(C)cc(C)c1. The molecule has 15 heavy (non-hydrogen) atoms. The Hall–Kier alpha value is -1.46. The van der Waals surface area contributed by atoms with Gasteiger partial charge in [-0.05, 0) is 37.1 Å². The van der Waals surface area contributed by atoms with Crippen LogP contribution in [0.3, 0.4) is 0 Å². The van der Waals surface area contributed by atoms with E-state index in [1.54, 1.807) is 0 Å². The molecule has 1 aromatic carbocycles. The normalized spacial score (nSPS) is 9.67. The van der Waals surface area contributed by atoms with Gasteiger partial charge in [-0.3, -0.25) is 0 Å². The zero-order chi connectivity index (χ0) is 11.1. The number of terminal acetylenes is 1. The molecule has 0 saturated carbocycles. The lowest BCUT2D eigenvalue weighted by Crippen LogP contribution is -2.21. The first-order valence-electron chi connectivity index (χ1n) is 5.07. The Morgan fingerprint density at radius 3 is 2.53 bits per heavy atom. The lowest BCUT2D eigenvalue weighted by Gasteiger charge is -2.08. The summed E-state index contributed by atoms with van der Waals surface area (Å²) in [5.41, 5.74) is 2.45. The zero-order valence-corrected chi connectivity index (χ0v) is 9.34. The van der Waals surface area contributed by atoms with Gasteiger partial charge in [-0.25, -0.2) is 0 Å². The lowest BCUT2D eigenvalue weighted by atomic mass is 10.1. The first kappa shape index (κ1) is 11.6. The van der Waals surface area contributed by atoms with Crippen LogP contribution in [-0.2, 0) is 0 Å². The summed E-state index contributed by atoms with van der Waals surface area (Å²) in [5, 5.41) is 3.07. The minimum atomic E-state index is 0.593. The van der Waals surface area contributed by atoms with Crippen molar-refractivity contribution in [1.82, 2.24) is 5.32 Å². The topological polar surface area (TPSA) is 21.3 Å². The molecule has 0 saturated heterocycles. The van der Waals surface area contributed by atoms with Crippen LogP contribution in [0.1, 0.15) is 11.1 Å². The van der Waals surface area contributed by atoms with Crippen LogP contribution in [0.2, 0.25) is 0 Å². The van der Waals surface area contributed by atoms with Gasteiger partial charge in [0.05, 0.1) is 6.54 Å². The monoisotopic (exact) mass is 203 g/mol. The number of rotatable bonds is 5. The average molecular weight is 203 g/mol. The van der Waals surface area contributed by atoms with Crippen molar-refractivity contribution < 1.29 is 4.74 Å². The highest BCUT2D eigenvalue weighted by molar-refractivity contribution is 5.32. The highest BCUT2D eigenvalue weighted by Gasteiger charge is 1.96. The van der Waals surface area contributed by atoms with E-state index >= 15 is 0 Å². The van der Waals surface area contributed by atoms with Crippen LogP contribution in [0.5, 0.6) is 5.75 Å². The quantitative estimate of drug-likeness (QED) is 0.583. The van der Waals surface area contributed by atoms with Crippen LogP contribution in [0.15, 0.2) is 18.2 Å². The summed E-state index contributed by atoms with van der Waals surface area (Å²) in [7, 11) is 0. The smallest absolute Gasteiger partial charge is 0.119 e. The molecule has 1 N–H and O–H groups in total. The molecule has 2 nitrogen and oxygen atoms in total. The van der Waals surface area contributed by atoms with Gasteiger partial charge in [0, 0.05) is 6.54 Å². The van der Waals surface area contributed by atoms with E-state index in [0.29, 0.717) is 13.2 Å². The lowest BCUT2D eigenvalue weighted by molar-refractivity contribution is 0.316. The molecule has 0 amide bonds. The van der Waals surface area contributed by atoms with Gasteiger partial charge < -0.3 is 10.1 Å². The second kappa shape index (κ2) is 6.10. The first-order valence-corrected chi connectivity index (χ1v) is 5.07. The van der Waals surface area contributed by atoms with Crippen LogP contribution in [0.25, 0.3) is 0 Å². The summed E-state index contributed by atoms with van der Waals surface area (Å²) in [6, 6.07) is 6.20. The second-order valence-electron chi connectivity index (χ2n) is 3.55. The number of aryl methyl sites for hydroxylation is 2. The van der Waals surface area contributed by atoms with Crippen LogP contribution in [-0.4, -0.2) is 19.7 Å².